The van der Waals surface area contributed by atoms with Crippen molar-refractivity contribution in [1.82, 2.24) is 25.0 Å². The molecule has 0 radical (unpaired) electrons. The molecule has 2 saturated heterocycles. The number of pyridine rings is 1. The minimum absolute atomic E-state index is 0.0288. The quantitative estimate of drug-likeness (QED) is 0.621. The Morgan fingerprint density at radius 2 is 1.68 bits per heavy atom. The maximum absolute atomic E-state index is 13.1. The summed E-state index contributed by atoms with van der Waals surface area (Å²) in [6.45, 7) is 4.19. The van der Waals surface area contributed by atoms with Crippen LogP contribution in [0.5, 0.6) is 0 Å². The minimum Gasteiger partial charge on any atom is -0.368 e. The van der Waals surface area contributed by atoms with Gasteiger partial charge in [-0.25, -0.2) is 0 Å². The lowest BCUT2D eigenvalue weighted by Gasteiger charge is -2.39. The summed E-state index contributed by atoms with van der Waals surface area (Å²) in [7, 11) is 0. The van der Waals surface area contributed by atoms with Gasteiger partial charge in [0.25, 0.3) is 5.91 Å². The first kappa shape index (κ1) is 22.4. The van der Waals surface area contributed by atoms with E-state index in [1.54, 1.807) is 18.5 Å². The van der Waals surface area contributed by atoms with E-state index in [0.717, 1.165) is 29.4 Å². The molecule has 5 rings (SSSR count). The van der Waals surface area contributed by atoms with Crippen LogP contribution in [-0.2, 0) is 4.79 Å². The fourth-order valence-electron chi connectivity index (χ4n) is 4.69. The van der Waals surface area contributed by atoms with Gasteiger partial charge >= 0.3 is 0 Å². The number of carbonyl (C=O) groups is 2. The number of nitrogens with zero attached hydrogens (tertiary/aromatic N) is 5. The van der Waals surface area contributed by atoms with Crippen molar-refractivity contribution in [3.05, 3.63) is 65.6 Å². The molecule has 2 amide bonds. The Kier molecular flexibility index (Phi) is 6.49. The normalized spacial score (nSPS) is 17.1. The number of piperazine rings is 1. The van der Waals surface area contributed by atoms with E-state index in [1.165, 1.54) is 0 Å². The Morgan fingerprint density at radius 1 is 0.941 bits per heavy atom. The third-order valence-corrected chi connectivity index (χ3v) is 6.93. The number of amides is 2. The summed E-state index contributed by atoms with van der Waals surface area (Å²) in [5, 5.41) is 7.83. The third-order valence-electron chi connectivity index (χ3n) is 6.68. The van der Waals surface area contributed by atoms with Gasteiger partial charge in [-0.05, 0) is 55.3 Å². The number of benzene rings is 1. The zero-order valence-corrected chi connectivity index (χ0v) is 19.6. The maximum atomic E-state index is 13.1. The van der Waals surface area contributed by atoms with Crippen molar-refractivity contribution in [2.75, 3.05) is 44.2 Å². The molecule has 0 saturated carbocycles. The maximum Gasteiger partial charge on any atom is 0.271 e. The van der Waals surface area contributed by atoms with Crippen molar-refractivity contribution in [3.8, 4) is 11.3 Å². The number of piperidine rings is 1. The summed E-state index contributed by atoms with van der Waals surface area (Å²) in [4.78, 5) is 36.2. The van der Waals surface area contributed by atoms with Gasteiger partial charge in [-0.2, -0.15) is 5.10 Å². The van der Waals surface area contributed by atoms with Gasteiger partial charge in [0.1, 0.15) is 5.69 Å². The third kappa shape index (κ3) is 4.77. The number of hydrogen-bond acceptors (Lipinski definition) is 5. The molecule has 1 aromatic carbocycles. The first-order valence-corrected chi connectivity index (χ1v) is 12.0. The van der Waals surface area contributed by atoms with Crippen LogP contribution in [0.4, 0.5) is 5.69 Å². The molecule has 2 aromatic heterocycles. The highest BCUT2D eigenvalue weighted by atomic mass is 35.5. The average Bonchev–Trinajstić information content (AvgIpc) is 3.40. The molecule has 2 aliphatic heterocycles. The number of anilines is 1. The van der Waals surface area contributed by atoms with E-state index >= 15 is 0 Å². The van der Waals surface area contributed by atoms with Gasteiger partial charge in [0.15, 0.2) is 0 Å². The first-order valence-electron chi connectivity index (χ1n) is 11.6. The molecule has 3 aromatic rings. The molecular weight excluding hydrogens is 452 g/mol. The highest BCUT2D eigenvalue weighted by Crippen LogP contribution is 2.24. The fourth-order valence-corrected chi connectivity index (χ4v) is 4.81. The van der Waals surface area contributed by atoms with E-state index in [2.05, 4.69) is 20.1 Å². The number of carbonyl (C=O) groups excluding carboxylic acids is 2. The van der Waals surface area contributed by atoms with Crippen molar-refractivity contribution >= 4 is 29.1 Å². The number of rotatable bonds is 4. The van der Waals surface area contributed by atoms with Crippen LogP contribution in [0.25, 0.3) is 11.3 Å². The molecule has 1 N–H and O–H groups in total. The Morgan fingerprint density at radius 3 is 2.35 bits per heavy atom. The van der Waals surface area contributed by atoms with E-state index in [1.807, 2.05) is 46.2 Å². The van der Waals surface area contributed by atoms with Gasteiger partial charge in [0, 0.05) is 73.9 Å². The Hall–Kier alpha value is -3.39. The largest absolute Gasteiger partial charge is 0.368 e. The smallest absolute Gasteiger partial charge is 0.271 e. The lowest BCUT2D eigenvalue weighted by molar-refractivity contribution is -0.137. The molecule has 176 valence electrons. The molecule has 0 unspecified atom stereocenters. The number of nitrogens with one attached hydrogen (secondary N) is 1. The first-order chi connectivity index (χ1) is 16.6. The van der Waals surface area contributed by atoms with Crippen LogP contribution in [0.2, 0.25) is 5.02 Å². The van der Waals surface area contributed by atoms with Crippen molar-refractivity contribution in [2.24, 2.45) is 5.92 Å². The topological polar surface area (TPSA) is 85.4 Å². The van der Waals surface area contributed by atoms with Gasteiger partial charge in [0.05, 0.1) is 5.69 Å². The average molecular weight is 479 g/mol. The van der Waals surface area contributed by atoms with Crippen LogP contribution in [0.15, 0.2) is 54.9 Å². The number of aromatic nitrogens is 3. The van der Waals surface area contributed by atoms with Crippen molar-refractivity contribution in [2.45, 2.75) is 12.8 Å². The molecule has 4 heterocycles. The van der Waals surface area contributed by atoms with Crippen LogP contribution in [0.3, 0.4) is 0 Å². The molecule has 2 aliphatic rings. The molecule has 0 bridgehead atoms. The highest BCUT2D eigenvalue weighted by molar-refractivity contribution is 6.30. The van der Waals surface area contributed by atoms with Gasteiger partial charge in [-0.15, -0.1) is 0 Å². The molecule has 9 heteroatoms. The molecule has 8 nitrogen and oxygen atoms in total. The summed E-state index contributed by atoms with van der Waals surface area (Å²) in [6.07, 6.45) is 4.79. The Balaban J connectivity index is 1.12. The Bertz CT molecular complexity index is 1130. The van der Waals surface area contributed by atoms with Gasteiger partial charge in [-0.1, -0.05) is 11.6 Å². The summed E-state index contributed by atoms with van der Waals surface area (Å²) in [6, 6.07) is 13.3. The monoisotopic (exact) mass is 478 g/mol. The molecule has 2 fully saturated rings. The van der Waals surface area contributed by atoms with E-state index in [0.29, 0.717) is 50.4 Å². The lowest BCUT2D eigenvalue weighted by atomic mass is 9.94. The highest BCUT2D eigenvalue weighted by Gasteiger charge is 2.32. The predicted molar refractivity (Wildman–Crippen MR) is 131 cm³/mol. The van der Waals surface area contributed by atoms with Gasteiger partial charge in [0.2, 0.25) is 5.91 Å². The number of hydrogen-bond donors (Lipinski definition) is 1. The molecule has 0 atom stereocenters. The summed E-state index contributed by atoms with van der Waals surface area (Å²) >= 11 is 5.99. The standard InChI is InChI=1S/C25H27ClN6O2/c26-20-3-5-21(6-4-20)30-12-14-32(15-13-30)24(33)18-7-10-31(11-8-18)25(34)23-16-22(28-29-23)19-2-1-9-27-17-19/h1-6,9,16-18H,7-8,10-15H2,(H,28,29). The molecule has 0 aliphatic carbocycles. The van der Waals surface area contributed by atoms with E-state index in [4.69, 9.17) is 11.6 Å². The van der Waals surface area contributed by atoms with Crippen LogP contribution >= 0.6 is 11.6 Å². The van der Waals surface area contributed by atoms with Gasteiger partial charge < -0.3 is 14.7 Å². The SMILES string of the molecule is O=C(c1cc(-c2cccnc2)n[nH]1)N1CCC(C(=O)N2CCN(c3ccc(Cl)cc3)CC2)CC1. The van der Waals surface area contributed by atoms with E-state index in [-0.39, 0.29) is 17.7 Å². The Labute approximate surface area is 203 Å². The second-order valence-electron chi connectivity index (χ2n) is 8.76. The van der Waals surface area contributed by atoms with E-state index in [9.17, 15) is 9.59 Å². The fraction of sp³-hybridized carbons (Fsp3) is 0.360. The van der Waals surface area contributed by atoms with Crippen LogP contribution in [-0.4, -0.2) is 76.1 Å². The molecule has 34 heavy (non-hydrogen) atoms. The second-order valence-corrected chi connectivity index (χ2v) is 9.20. The molecule has 0 spiro atoms. The van der Waals surface area contributed by atoms with Crippen LogP contribution in [0, 0.1) is 5.92 Å². The second kappa shape index (κ2) is 9.85. The van der Waals surface area contributed by atoms with Crippen molar-refractivity contribution in [1.29, 1.82) is 0 Å². The van der Waals surface area contributed by atoms with Crippen LogP contribution < -0.4 is 4.90 Å². The number of halogens is 1. The summed E-state index contributed by atoms with van der Waals surface area (Å²) < 4.78 is 0. The number of likely N-dealkylation sites (tertiary alicyclic amines) is 1. The van der Waals surface area contributed by atoms with Crippen molar-refractivity contribution < 1.29 is 9.59 Å². The molecular formula is C25H27ClN6O2. The van der Waals surface area contributed by atoms with E-state index < -0.39 is 0 Å². The van der Waals surface area contributed by atoms with Crippen LogP contribution in [0.1, 0.15) is 23.3 Å². The van der Waals surface area contributed by atoms with Crippen molar-refractivity contribution in [3.63, 3.8) is 0 Å². The zero-order chi connectivity index (χ0) is 23.5. The summed E-state index contributed by atoms with van der Waals surface area (Å²) in [5.41, 5.74) is 3.15. The number of H-pyrrole nitrogens is 1. The number of aromatic amines is 1. The van der Waals surface area contributed by atoms with Gasteiger partial charge in [-0.3, -0.25) is 19.7 Å². The summed E-state index contributed by atoms with van der Waals surface area (Å²) in [5.74, 6) is 0.104. The zero-order valence-electron chi connectivity index (χ0n) is 18.9. The predicted octanol–water partition coefficient (Wildman–Crippen LogP) is 3.33. The lowest BCUT2D eigenvalue weighted by Crippen LogP contribution is -2.52. The minimum atomic E-state index is -0.0786.